The van der Waals surface area contributed by atoms with Crippen molar-refractivity contribution < 1.29 is 24.2 Å². The van der Waals surface area contributed by atoms with E-state index in [1.165, 1.54) is 6.07 Å². The van der Waals surface area contributed by atoms with Crippen LogP contribution in [0.5, 0.6) is 11.5 Å². The Balaban J connectivity index is 2.62. The molecule has 0 aromatic heterocycles. The molecule has 1 rings (SSSR count). The van der Waals surface area contributed by atoms with Crippen LogP contribution >= 0.6 is 0 Å². The summed E-state index contributed by atoms with van der Waals surface area (Å²) < 4.78 is 10.4. The third-order valence-corrected chi connectivity index (χ3v) is 2.84. The van der Waals surface area contributed by atoms with Crippen molar-refractivity contribution in [1.82, 2.24) is 5.32 Å². The number of nitrogens with one attached hydrogen (secondary N) is 1. The van der Waals surface area contributed by atoms with Gasteiger partial charge in [0.25, 0.3) is 0 Å². The topological polar surface area (TPSA) is 84.9 Å². The molecule has 6 nitrogen and oxygen atoms in total. The first-order valence-corrected chi connectivity index (χ1v) is 7.85. The summed E-state index contributed by atoms with van der Waals surface area (Å²) in [6, 6.07) is 3.07. The van der Waals surface area contributed by atoms with Gasteiger partial charge in [-0.1, -0.05) is 12.2 Å². The summed E-state index contributed by atoms with van der Waals surface area (Å²) in [5.41, 5.74) is 0.375. The van der Waals surface area contributed by atoms with E-state index in [9.17, 15) is 14.7 Å². The molecule has 0 saturated carbocycles. The van der Waals surface area contributed by atoms with Crippen molar-refractivity contribution in [1.29, 1.82) is 0 Å². The van der Waals surface area contributed by atoms with E-state index in [0.29, 0.717) is 37.0 Å². The van der Waals surface area contributed by atoms with Crippen LogP contribution in [0, 0.1) is 0 Å². The first-order chi connectivity index (χ1) is 11.3. The lowest BCUT2D eigenvalue weighted by Crippen LogP contribution is -2.32. The summed E-state index contributed by atoms with van der Waals surface area (Å²) >= 11 is 0. The van der Waals surface area contributed by atoms with Gasteiger partial charge in [-0.2, -0.15) is 0 Å². The molecular weight excluding hydrogens is 310 g/mol. The number of aldehydes is 1. The van der Waals surface area contributed by atoms with Crippen LogP contribution in [-0.4, -0.2) is 36.2 Å². The Labute approximate surface area is 142 Å². The van der Waals surface area contributed by atoms with Gasteiger partial charge in [0.1, 0.15) is 11.9 Å². The lowest BCUT2D eigenvalue weighted by Gasteiger charge is -2.19. The van der Waals surface area contributed by atoms with Crippen molar-refractivity contribution >= 4 is 18.5 Å². The molecule has 0 aliphatic heterocycles. The van der Waals surface area contributed by atoms with Crippen LogP contribution in [0.1, 0.15) is 50.0 Å². The zero-order valence-corrected chi connectivity index (χ0v) is 14.6. The number of benzene rings is 1. The highest BCUT2D eigenvalue weighted by atomic mass is 16.6. The number of hydrogen-bond donors (Lipinski definition) is 2. The van der Waals surface area contributed by atoms with Crippen molar-refractivity contribution in [3.8, 4) is 11.5 Å². The highest BCUT2D eigenvalue weighted by Crippen LogP contribution is 2.32. The van der Waals surface area contributed by atoms with Crippen molar-refractivity contribution in [2.45, 2.75) is 39.7 Å². The number of alkyl carbamates (subject to hydrolysis) is 1. The van der Waals surface area contributed by atoms with Crippen molar-refractivity contribution in [2.24, 2.45) is 0 Å². The summed E-state index contributed by atoms with van der Waals surface area (Å²) in [6.45, 7) is 7.98. The summed E-state index contributed by atoms with van der Waals surface area (Å²) in [5.74, 6) is 0.257. The molecule has 0 saturated heterocycles. The Morgan fingerprint density at radius 2 is 2.04 bits per heavy atom. The summed E-state index contributed by atoms with van der Waals surface area (Å²) in [5, 5.41) is 12.8. The van der Waals surface area contributed by atoms with Gasteiger partial charge in [-0.05, 0) is 46.2 Å². The van der Waals surface area contributed by atoms with Gasteiger partial charge in [0.2, 0.25) is 0 Å². The second kappa shape index (κ2) is 8.96. The molecule has 0 spiro atoms. The maximum Gasteiger partial charge on any atom is 0.407 e. The minimum atomic E-state index is -0.531. The van der Waals surface area contributed by atoms with Crippen molar-refractivity contribution in [3.63, 3.8) is 0 Å². The molecular formula is C18H25NO5. The van der Waals surface area contributed by atoms with Crippen molar-refractivity contribution in [3.05, 3.63) is 29.3 Å². The molecule has 132 valence electrons. The molecule has 0 atom stereocenters. The maximum atomic E-state index is 11.5. The number of amides is 1. The van der Waals surface area contributed by atoms with E-state index in [1.54, 1.807) is 45.9 Å². The number of carbonyl (C=O) groups excluding carboxylic acids is 2. The normalized spacial score (nSPS) is 11.3. The molecule has 0 radical (unpaired) electrons. The fourth-order valence-corrected chi connectivity index (χ4v) is 1.89. The van der Waals surface area contributed by atoms with E-state index in [-0.39, 0.29) is 11.5 Å². The molecule has 0 unspecified atom stereocenters. The summed E-state index contributed by atoms with van der Waals surface area (Å²) in [6.07, 6.45) is 4.25. The molecule has 1 amide bonds. The number of carbonyl (C=O) groups is 2. The number of ether oxygens (including phenoxy) is 2. The Morgan fingerprint density at radius 1 is 1.33 bits per heavy atom. The van der Waals surface area contributed by atoms with Gasteiger partial charge < -0.3 is 19.9 Å². The van der Waals surface area contributed by atoms with Gasteiger partial charge in [0, 0.05) is 17.7 Å². The first-order valence-electron chi connectivity index (χ1n) is 7.85. The van der Waals surface area contributed by atoms with E-state index >= 15 is 0 Å². The zero-order chi connectivity index (χ0) is 18.2. The van der Waals surface area contributed by atoms with Gasteiger partial charge in [-0.15, -0.1) is 0 Å². The highest BCUT2D eigenvalue weighted by Gasteiger charge is 2.15. The average Bonchev–Trinajstić information content (AvgIpc) is 2.48. The quantitative estimate of drug-likeness (QED) is 0.588. The van der Waals surface area contributed by atoms with Crippen LogP contribution in [0.2, 0.25) is 0 Å². The minimum Gasteiger partial charge on any atom is -0.504 e. The van der Waals surface area contributed by atoms with Gasteiger partial charge in [0.05, 0.1) is 6.61 Å². The van der Waals surface area contributed by atoms with E-state index in [2.05, 4.69) is 5.32 Å². The molecule has 0 heterocycles. The molecule has 24 heavy (non-hydrogen) atoms. The number of phenolic OH excluding ortho intramolecular Hbond substituents is 1. The Kier molecular flexibility index (Phi) is 7.30. The van der Waals surface area contributed by atoms with Gasteiger partial charge >= 0.3 is 6.09 Å². The van der Waals surface area contributed by atoms with Crippen LogP contribution in [0.15, 0.2) is 18.2 Å². The van der Waals surface area contributed by atoms with Crippen LogP contribution < -0.4 is 10.1 Å². The Bertz CT molecular complexity index is 602. The molecule has 2 N–H and O–H groups in total. The molecule has 0 fully saturated rings. The summed E-state index contributed by atoms with van der Waals surface area (Å²) in [7, 11) is 0. The van der Waals surface area contributed by atoms with Crippen LogP contribution in [0.4, 0.5) is 4.79 Å². The van der Waals surface area contributed by atoms with E-state index < -0.39 is 11.7 Å². The number of rotatable bonds is 7. The Hall–Kier alpha value is -2.50. The fourth-order valence-electron chi connectivity index (χ4n) is 1.89. The third kappa shape index (κ3) is 6.73. The minimum absolute atomic E-state index is 0.0150. The van der Waals surface area contributed by atoms with Crippen molar-refractivity contribution in [2.75, 3.05) is 13.2 Å². The van der Waals surface area contributed by atoms with Gasteiger partial charge in [0.15, 0.2) is 11.5 Å². The molecule has 0 aliphatic rings. The maximum absolute atomic E-state index is 11.5. The predicted octanol–water partition coefficient (Wildman–Crippen LogP) is 3.53. The second-order valence-corrected chi connectivity index (χ2v) is 6.13. The average molecular weight is 335 g/mol. The standard InChI is InChI=1S/C18H25NO5/c1-5-23-15-11-13(12-20)10-14(16(15)21)8-6-7-9-19-17(22)24-18(2,3)4/h6,8,10-12,21H,5,7,9H2,1-4H3,(H,19,22). The molecule has 0 bridgehead atoms. The predicted molar refractivity (Wildman–Crippen MR) is 92.6 cm³/mol. The molecule has 6 heteroatoms. The SMILES string of the molecule is CCOc1cc(C=O)cc(C=CCCNC(=O)OC(C)(C)C)c1O. The fraction of sp³-hybridized carbons (Fsp3) is 0.444. The Morgan fingerprint density at radius 3 is 2.62 bits per heavy atom. The number of aromatic hydroxyl groups is 1. The lowest BCUT2D eigenvalue weighted by atomic mass is 10.1. The monoisotopic (exact) mass is 335 g/mol. The molecule has 1 aromatic rings. The van der Waals surface area contributed by atoms with Crippen LogP contribution in [-0.2, 0) is 4.74 Å². The van der Waals surface area contributed by atoms with Crippen LogP contribution in [0.3, 0.4) is 0 Å². The number of hydrogen-bond acceptors (Lipinski definition) is 5. The lowest BCUT2D eigenvalue weighted by molar-refractivity contribution is 0.0528. The number of phenols is 1. The van der Waals surface area contributed by atoms with Gasteiger partial charge in [-0.3, -0.25) is 4.79 Å². The second-order valence-electron chi connectivity index (χ2n) is 6.13. The molecule has 1 aromatic carbocycles. The highest BCUT2D eigenvalue weighted by molar-refractivity contribution is 5.79. The third-order valence-electron chi connectivity index (χ3n) is 2.84. The first kappa shape index (κ1) is 19.5. The smallest absolute Gasteiger partial charge is 0.407 e. The zero-order valence-electron chi connectivity index (χ0n) is 14.6. The van der Waals surface area contributed by atoms with E-state index in [4.69, 9.17) is 9.47 Å². The van der Waals surface area contributed by atoms with E-state index in [0.717, 1.165) is 0 Å². The largest absolute Gasteiger partial charge is 0.504 e. The molecule has 0 aliphatic carbocycles. The van der Waals surface area contributed by atoms with Crippen LogP contribution in [0.25, 0.3) is 6.08 Å². The van der Waals surface area contributed by atoms with E-state index in [1.807, 2.05) is 0 Å². The summed E-state index contributed by atoms with van der Waals surface area (Å²) in [4.78, 5) is 22.5. The van der Waals surface area contributed by atoms with Gasteiger partial charge in [-0.25, -0.2) is 4.79 Å².